The number of nitrogens with one attached hydrogen (secondary N) is 1. The predicted molar refractivity (Wildman–Crippen MR) is 49.1 cm³/mol. The minimum absolute atomic E-state index is 0.0538. The maximum Gasteiger partial charge on any atom is 0.219 e. The Morgan fingerprint density at radius 1 is 1.50 bits per heavy atom. The third kappa shape index (κ3) is 4.71. The van der Waals surface area contributed by atoms with Crippen molar-refractivity contribution in [2.24, 2.45) is 5.73 Å². The SMILES string of the molecule is CCCN(CCC(=N)N)C(C)=O. The van der Waals surface area contributed by atoms with E-state index in [-0.39, 0.29) is 11.7 Å². The Morgan fingerprint density at radius 3 is 2.42 bits per heavy atom. The molecule has 0 radical (unpaired) electrons. The molecule has 0 aliphatic carbocycles. The van der Waals surface area contributed by atoms with Crippen LogP contribution < -0.4 is 5.73 Å². The second-order valence-corrected chi connectivity index (χ2v) is 2.78. The molecule has 0 saturated heterocycles. The van der Waals surface area contributed by atoms with E-state index < -0.39 is 0 Å². The summed E-state index contributed by atoms with van der Waals surface area (Å²) in [6.07, 6.45) is 1.41. The molecule has 4 heteroatoms. The summed E-state index contributed by atoms with van der Waals surface area (Å²) in [6.45, 7) is 4.88. The minimum Gasteiger partial charge on any atom is -0.388 e. The summed E-state index contributed by atoms with van der Waals surface area (Å²) >= 11 is 0. The van der Waals surface area contributed by atoms with Crippen molar-refractivity contribution in [3.05, 3.63) is 0 Å². The molecule has 0 bridgehead atoms. The highest BCUT2D eigenvalue weighted by atomic mass is 16.2. The number of carbonyl (C=O) groups is 1. The molecule has 0 heterocycles. The maximum absolute atomic E-state index is 11.0. The summed E-state index contributed by atoms with van der Waals surface area (Å²) in [5.41, 5.74) is 5.18. The number of amidine groups is 1. The third-order valence-electron chi connectivity index (χ3n) is 1.59. The van der Waals surface area contributed by atoms with Gasteiger partial charge in [0, 0.05) is 26.4 Å². The molecule has 0 fully saturated rings. The first-order valence-corrected chi connectivity index (χ1v) is 4.16. The van der Waals surface area contributed by atoms with E-state index >= 15 is 0 Å². The van der Waals surface area contributed by atoms with Crippen LogP contribution in [0.4, 0.5) is 0 Å². The van der Waals surface area contributed by atoms with Crippen molar-refractivity contribution >= 4 is 11.7 Å². The molecular formula is C8H17N3O. The van der Waals surface area contributed by atoms with E-state index in [4.69, 9.17) is 11.1 Å². The Labute approximate surface area is 73.2 Å². The van der Waals surface area contributed by atoms with Gasteiger partial charge in [0.2, 0.25) is 5.91 Å². The van der Waals surface area contributed by atoms with Crippen LogP contribution in [0.3, 0.4) is 0 Å². The van der Waals surface area contributed by atoms with Crippen LogP contribution in [0.1, 0.15) is 26.7 Å². The van der Waals surface area contributed by atoms with Gasteiger partial charge in [0.25, 0.3) is 0 Å². The first kappa shape index (κ1) is 10.9. The molecule has 0 aliphatic heterocycles. The smallest absolute Gasteiger partial charge is 0.219 e. The van der Waals surface area contributed by atoms with Crippen molar-refractivity contribution in [1.29, 1.82) is 5.41 Å². The Balaban J connectivity index is 3.79. The third-order valence-corrected chi connectivity index (χ3v) is 1.59. The lowest BCUT2D eigenvalue weighted by Gasteiger charge is -2.19. The molecule has 4 nitrogen and oxygen atoms in total. The fourth-order valence-corrected chi connectivity index (χ4v) is 0.952. The van der Waals surface area contributed by atoms with Gasteiger partial charge in [0.1, 0.15) is 0 Å². The normalized spacial score (nSPS) is 9.50. The van der Waals surface area contributed by atoms with Crippen molar-refractivity contribution in [2.75, 3.05) is 13.1 Å². The molecule has 3 N–H and O–H groups in total. The summed E-state index contributed by atoms with van der Waals surface area (Å²) in [4.78, 5) is 12.7. The topological polar surface area (TPSA) is 70.2 Å². The monoisotopic (exact) mass is 171 g/mol. The van der Waals surface area contributed by atoms with Gasteiger partial charge in [0.15, 0.2) is 0 Å². The van der Waals surface area contributed by atoms with Crippen LogP contribution in [0.25, 0.3) is 0 Å². The highest BCUT2D eigenvalue weighted by molar-refractivity contribution is 5.78. The van der Waals surface area contributed by atoms with E-state index in [1.165, 1.54) is 6.92 Å². The number of carbonyl (C=O) groups excluding carboxylic acids is 1. The quantitative estimate of drug-likeness (QED) is 0.469. The van der Waals surface area contributed by atoms with E-state index in [0.29, 0.717) is 13.0 Å². The second-order valence-electron chi connectivity index (χ2n) is 2.78. The van der Waals surface area contributed by atoms with Crippen LogP contribution in [0, 0.1) is 5.41 Å². The first-order valence-electron chi connectivity index (χ1n) is 4.16. The van der Waals surface area contributed by atoms with Crippen molar-refractivity contribution in [3.63, 3.8) is 0 Å². The van der Waals surface area contributed by atoms with Gasteiger partial charge in [-0.1, -0.05) is 6.92 Å². The van der Waals surface area contributed by atoms with E-state index in [1.807, 2.05) is 6.92 Å². The van der Waals surface area contributed by atoms with Crippen LogP contribution in [0.2, 0.25) is 0 Å². The Hall–Kier alpha value is -1.06. The molecule has 0 unspecified atom stereocenters. The van der Waals surface area contributed by atoms with Crippen molar-refractivity contribution in [1.82, 2.24) is 4.90 Å². The lowest BCUT2D eigenvalue weighted by molar-refractivity contribution is -0.128. The molecule has 1 amide bonds. The zero-order valence-electron chi connectivity index (χ0n) is 7.76. The van der Waals surface area contributed by atoms with E-state index in [9.17, 15) is 4.79 Å². The number of hydrogen-bond donors (Lipinski definition) is 2. The second kappa shape index (κ2) is 5.57. The van der Waals surface area contributed by atoms with E-state index in [0.717, 1.165) is 13.0 Å². The molecule has 0 atom stereocenters. The predicted octanol–water partition coefficient (Wildman–Crippen LogP) is 0.571. The zero-order chi connectivity index (χ0) is 9.56. The highest BCUT2D eigenvalue weighted by Crippen LogP contribution is 1.94. The summed E-state index contributed by atoms with van der Waals surface area (Å²) in [7, 11) is 0. The van der Waals surface area contributed by atoms with Crippen LogP contribution in [0.5, 0.6) is 0 Å². The van der Waals surface area contributed by atoms with Crippen LogP contribution in [-0.2, 0) is 4.79 Å². The molecule has 0 rings (SSSR count). The largest absolute Gasteiger partial charge is 0.388 e. The molecule has 0 aromatic heterocycles. The Kier molecular flexibility index (Phi) is 5.08. The van der Waals surface area contributed by atoms with E-state index in [1.54, 1.807) is 4.90 Å². The van der Waals surface area contributed by atoms with Crippen LogP contribution in [-0.4, -0.2) is 29.7 Å². The summed E-state index contributed by atoms with van der Waals surface area (Å²) in [5.74, 6) is 0.190. The molecule has 0 spiro atoms. The number of rotatable bonds is 5. The molecule has 70 valence electrons. The van der Waals surface area contributed by atoms with Gasteiger partial charge in [-0.05, 0) is 6.42 Å². The Bertz CT molecular complexity index is 168. The summed E-state index contributed by atoms with van der Waals surface area (Å²) < 4.78 is 0. The zero-order valence-corrected chi connectivity index (χ0v) is 7.76. The van der Waals surface area contributed by atoms with Gasteiger partial charge in [-0.2, -0.15) is 0 Å². The fraction of sp³-hybridized carbons (Fsp3) is 0.750. The van der Waals surface area contributed by atoms with Crippen molar-refractivity contribution < 1.29 is 4.79 Å². The van der Waals surface area contributed by atoms with Gasteiger partial charge in [-0.3, -0.25) is 10.2 Å². The minimum atomic E-state index is 0.0538. The lowest BCUT2D eigenvalue weighted by Crippen LogP contribution is -2.32. The van der Waals surface area contributed by atoms with E-state index in [2.05, 4.69) is 0 Å². The molecule has 0 aromatic rings. The molecule has 12 heavy (non-hydrogen) atoms. The average molecular weight is 171 g/mol. The number of amides is 1. The average Bonchev–Trinajstić information content (AvgIpc) is 1.96. The summed E-state index contributed by atoms with van der Waals surface area (Å²) in [6, 6.07) is 0. The van der Waals surface area contributed by atoms with Gasteiger partial charge in [0.05, 0.1) is 5.84 Å². The van der Waals surface area contributed by atoms with Crippen LogP contribution in [0.15, 0.2) is 0 Å². The molecular weight excluding hydrogens is 154 g/mol. The Morgan fingerprint density at radius 2 is 2.08 bits per heavy atom. The van der Waals surface area contributed by atoms with Crippen LogP contribution >= 0.6 is 0 Å². The maximum atomic E-state index is 11.0. The number of nitrogens with zero attached hydrogens (tertiary/aromatic N) is 1. The lowest BCUT2D eigenvalue weighted by atomic mass is 10.3. The molecule has 0 aromatic carbocycles. The summed E-state index contributed by atoms with van der Waals surface area (Å²) in [5, 5.41) is 7.00. The van der Waals surface area contributed by atoms with Crippen molar-refractivity contribution in [3.8, 4) is 0 Å². The van der Waals surface area contributed by atoms with Gasteiger partial charge >= 0.3 is 0 Å². The standard InChI is InChI=1S/C8H17N3O/c1-3-5-11(7(2)12)6-4-8(9)10/h3-6H2,1-2H3,(H3,9,10). The van der Waals surface area contributed by atoms with Gasteiger partial charge in [-0.25, -0.2) is 0 Å². The first-order chi connectivity index (χ1) is 5.57. The van der Waals surface area contributed by atoms with Crippen molar-refractivity contribution in [2.45, 2.75) is 26.7 Å². The molecule has 0 aliphatic rings. The number of nitrogens with two attached hydrogens (primary N) is 1. The number of hydrogen-bond acceptors (Lipinski definition) is 2. The fourth-order valence-electron chi connectivity index (χ4n) is 0.952. The molecule has 0 saturated carbocycles. The van der Waals surface area contributed by atoms with Gasteiger partial charge < -0.3 is 10.6 Å². The van der Waals surface area contributed by atoms with Gasteiger partial charge in [-0.15, -0.1) is 0 Å². The highest BCUT2D eigenvalue weighted by Gasteiger charge is 2.06.